The Hall–Kier alpha value is -2.84. The van der Waals surface area contributed by atoms with Crippen LogP contribution in [-0.2, 0) is 16.0 Å². The molecule has 1 amide bonds. The van der Waals surface area contributed by atoms with Crippen molar-refractivity contribution in [3.05, 3.63) is 64.6 Å². The number of nitrogens with zero attached hydrogens (tertiary/aromatic N) is 1. The lowest BCUT2D eigenvalue weighted by Gasteiger charge is -2.23. The number of carbonyl (C=O) groups is 2. The number of methoxy groups -OCH3 is 1. The highest BCUT2D eigenvalue weighted by atomic mass is 32.2. The Labute approximate surface area is 229 Å². The third-order valence-corrected chi connectivity index (χ3v) is 7.55. The summed E-state index contributed by atoms with van der Waals surface area (Å²) in [7, 11) is 1.59. The molecule has 1 N–H and O–H groups in total. The largest absolute Gasteiger partial charge is 0.493 e. The predicted molar refractivity (Wildman–Crippen MR) is 153 cm³/mol. The summed E-state index contributed by atoms with van der Waals surface area (Å²) in [4.78, 5) is 26.9. The fourth-order valence-electron chi connectivity index (χ4n) is 4.21. The molecule has 1 aliphatic rings. The number of thioether (sulfide) groups is 1. The third kappa shape index (κ3) is 8.07. The highest BCUT2D eigenvalue weighted by Gasteiger charge is 2.40. The molecule has 198 valence electrons. The van der Waals surface area contributed by atoms with Gasteiger partial charge >= 0.3 is 5.97 Å². The van der Waals surface area contributed by atoms with Gasteiger partial charge in [0.2, 0.25) is 0 Å². The van der Waals surface area contributed by atoms with Crippen LogP contribution in [0.2, 0.25) is 0 Å². The second kappa shape index (κ2) is 14.2. The van der Waals surface area contributed by atoms with Crippen molar-refractivity contribution >= 4 is 46.3 Å². The topological polar surface area (TPSA) is 76.1 Å². The Morgan fingerprint density at radius 1 is 1.11 bits per heavy atom. The molecule has 0 unspecified atom stereocenters. The minimum Gasteiger partial charge on any atom is -0.493 e. The van der Waals surface area contributed by atoms with Gasteiger partial charge in [-0.15, -0.1) is 0 Å². The number of thiocarbonyl (C=S) groups is 1. The lowest BCUT2D eigenvalue weighted by atomic mass is 10.0. The maximum Gasteiger partial charge on any atom is 0.327 e. The van der Waals surface area contributed by atoms with Crippen molar-refractivity contribution in [2.75, 3.05) is 7.11 Å². The summed E-state index contributed by atoms with van der Waals surface area (Å²) in [5.41, 5.74) is 1.57. The first-order chi connectivity index (χ1) is 17.8. The number of amides is 1. The number of unbranched alkanes of at least 4 members (excludes halogenated alkanes) is 4. The molecule has 0 bridgehead atoms. The molecule has 0 radical (unpaired) electrons. The normalized spacial score (nSPS) is 16.2. The first-order valence-electron chi connectivity index (χ1n) is 12.7. The lowest BCUT2D eigenvalue weighted by Crippen LogP contribution is -2.45. The van der Waals surface area contributed by atoms with Gasteiger partial charge in [0.25, 0.3) is 5.91 Å². The molecule has 1 saturated heterocycles. The average Bonchev–Trinajstić information content (AvgIpc) is 3.15. The van der Waals surface area contributed by atoms with E-state index >= 15 is 0 Å². The molecule has 1 fully saturated rings. The van der Waals surface area contributed by atoms with Crippen molar-refractivity contribution in [3.8, 4) is 11.5 Å². The molecule has 0 spiro atoms. The Bertz CT molecular complexity index is 1120. The fraction of sp³-hybridized carbons (Fsp3) is 0.414. The molecule has 2 atom stereocenters. The molecule has 8 heteroatoms. The Morgan fingerprint density at radius 2 is 1.84 bits per heavy atom. The highest BCUT2D eigenvalue weighted by molar-refractivity contribution is 8.26. The number of carboxylic acids is 1. The monoisotopic (exact) mass is 541 g/mol. The first kappa shape index (κ1) is 28.7. The van der Waals surface area contributed by atoms with Crippen LogP contribution in [0, 0.1) is 0 Å². The molecule has 1 heterocycles. The number of aliphatic carboxylic acids is 1. The number of ether oxygens (including phenoxy) is 2. The van der Waals surface area contributed by atoms with Crippen LogP contribution in [0.4, 0.5) is 0 Å². The number of hydrogen-bond donors (Lipinski definition) is 1. The van der Waals surface area contributed by atoms with Gasteiger partial charge in [-0.25, -0.2) is 4.79 Å². The Kier molecular flexibility index (Phi) is 11.0. The minimum atomic E-state index is -1.09. The van der Waals surface area contributed by atoms with Gasteiger partial charge in [-0.2, -0.15) is 0 Å². The van der Waals surface area contributed by atoms with Crippen molar-refractivity contribution in [2.24, 2.45) is 0 Å². The zero-order valence-electron chi connectivity index (χ0n) is 21.6. The van der Waals surface area contributed by atoms with Crippen LogP contribution < -0.4 is 9.47 Å². The highest BCUT2D eigenvalue weighted by Crippen LogP contribution is 2.36. The van der Waals surface area contributed by atoms with E-state index in [4.69, 9.17) is 21.7 Å². The lowest BCUT2D eigenvalue weighted by molar-refractivity contribution is -0.145. The summed E-state index contributed by atoms with van der Waals surface area (Å²) in [5, 5.41) is 9.86. The molecule has 0 aliphatic carbocycles. The summed E-state index contributed by atoms with van der Waals surface area (Å²) in [6.45, 7) is 4.27. The van der Waals surface area contributed by atoms with Gasteiger partial charge in [-0.3, -0.25) is 9.69 Å². The molecule has 6 nitrogen and oxygen atoms in total. The quantitative estimate of drug-likeness (QED) is 0.162. The van der Waals surface area contributed by atoms with Gasteiger partial charge in [0, 0.05) is 6.42 Å². The van der Waals surface area contributed by atoms with E-state index in [1.807, 2.05) is 48.5 Å². The molecular weight excluding hydrogens is 506 g/mol. The number of carbonyl (C=O) groups excluding carboxylic acids is 1. The summed E-state index contributed by atoms with van der Waals surface area (Å²) in [6.07, 6.45) is 9.03. The minimum absolute atomic E-state index is 0.0650. The Morgan fingerprint density at radius 3 is 2.51 bits per heavy atom. The summed E-state index contributed by atoms with van der Waals surface area (Å²) < 4.78 is 11.9. The maximum absolute atomic E-state index is 13.2. The van der Waals surface area contributed by atoms with Crippen molar-refractivity contribution in [1.29, 1.82) is 0 Å². The van der Waals surface area contributed by atoms with Crippen molar-refractivity contribution in [2.45, 2.75) is 70.9 Å². The van der Waals surface area contributed by atoms with E-state index in [-0.39, 0.29) is 16.8 Å². The van der Waals surface area contributed by atoms with Crippen LogP contribution in [0.1, 0.15) is 63.5 Å². The van der Waals surface area contributed by atoms with Crippen molar-refractivity contribution in [1.82, 2.24) is 4.90 Å². The molecule has 2 aromatic carbocycles. The zero-order chi connectivity index (χ0) is 26.8. The van der Waals surface area contributed by atoms with E-state index in [2.05, 4.69) is 13.8 Å². The number of hydrogen-bond acceptors (Lipinski definition) is 6. The average molecular weight is 542 g/mol. The van der Waals surface area contributed by atoms with Crippen molar-refractivity contribution in [3.63, 3.8) is 0 Å². The summed E-state index contributed by atoms with van der Waals surface area (Å²) >= 11 is 6.53. The van der Waals surface area contributed by atoms with Gasteiger partial charge in [-0.05, 0) is 49.1 Å². The zero-order valence-corrected chi connectivity index (χ0v) is 23.3. The van der Waals surface area contributed by atoms with E-state index < -0.39 is 17.9 Å². The van der Waals surface area contributed by atoms with E-state index in [9.17, 15) is 14.7 Å². The van der Waals surface area contributed by atoms with Gasteiger partial charge in [-0.1, -0.05) is 93.0 Å². The molecule has 0 saturated carbocycles. The fourth-order valence-corrected chi connectivity index (χ4v) is 5.57. The smallest absolute Gasteiger partial charge is 0.327 e. The molecular formula is C29H35NO5S2. The number of rotatable bonds is 14. The van der Waals surface area contributed by atoms with E-state index in [0.717, 1.165) is 35.7 Å². The van der Waals surface area contributed by atoms with Gasteiger partial charge in [0.05, 0.1) is 18.1 Å². The summed E-state index contributed by atoms with van der Waals surface area (Å²) in [5.74, 6) is -0.269. The SMILES string of the molecule is CCCCCCC[C@H](C)Oc1ccc(/C=C2/SC(=S)N([C@@H](Cc3ccccc3)C(=O)O)C2=O)cc1OC. The van der Waals surface area contributed by atoms with E-state index in [1.165, 1.54) is 30.6 Å². The van der Waals surface area contributed by atoms with Gasteiger partial charge < -0.3 is 14.6 Å². The first-order valence-corrected chi connectivity index (χ1v) is 13.9. The molecule has 2 aromatic rings. The maximum atomic E-state index is 13.2. The van der Waals surface area contributed by atoms with Crippen LogP contribution >= 0.6 is 24.0 Å². The molecule has 37 heavy (non-hydrogen) atoms. The van der Waals surface area contributed by atoms with Crippen LogP contribution in [0.25, 0.3) is 6.08 Å². The Balaban J connectivity index is 1.70. The number of carboxylic acid groups (broad SMARTS) is 1. The van der Waals surface area contributed by atoms with Gasteiger partial charge in [0.1, 0.15) is 10.4 Å². The standard InChI is InChI=1S/C29H35NO5S2/c1-4-5-6-7-9-12-20(2)35-24-16-15-22(18-25(24)34-3)19-26-27(31)30(29(36)37-26)23(28(32)33)17-21-13-10-8-11-14-21/h8,10-11,13-16,18-20,23H,4-7,9,12,17H2,1-3H3,(H,32,33)/b26-19+/t20-,23-/m0/s1. The second-order valence-corrected chi connectivity index (χ2v) is 10.8. The predicted octanol–water partition coefficient (Wildman–Crippen LogP) is 6.72. The van der Waals surface area contributed by atoms with Gasteiger partial charge in [0.15, 0.2) is 11.5 Å². The summed E-state index contributed by atoms with van der Waals surface area (Å²) in [6, 6.07) is 13.7. The molecule has 0 aromatic heterocycles. The van der Waals surface area contributed by atoms with Crippen molar-refractivity contribution < 1.29 is 24.2 Å². The van der Waals surface area contributed by atoms with Crippen LogP contribution in [0.5, 0.6) is 11.5 Å². The van der Waals surface area contributed by atoms with Crippen LogP contribution in [0.3, 0.4) is 0 Å². The second-order valence-electron chi connectivity index (χ2n) is 9.14. The molecule has 1 aliphatic heterocycles. The molecule has 3 rings (SSSR count). The van der Waals surface area contributed by atoms with E-state index in [0.29, 0.717) is 16.4 Å². The van der Waals surface area contributed by atoms with E-state index in [1.54, 1.807) is 13.2 Å². The van der Waals surface area contributed by atoms with Crippen LogP contribution in [-0.4, -0.2) is 45.5 Å². The third-order valence-electron chi connectivity index (χ3n) is 6.22. The number of benzene rings is 2. The van der Waals surface area contributed by atoms with Crippen LogP contribution in [0.15, 0.2) is 53.4 Å².